The molecule has 0 aliphatic carbocycles. The molecule has 92 valence electrons. The maximum Gasteiger partial charge on any atom is 0.254 e. The lowest BCUT2D eigenvalue weighted by Crippen LogP contribution is -2.35. The summed E-state index contributed by atoms with van der Waals surface area (Å²) in [5, 5.41) is 0.282. The van der Waals surface area contributed by atoms with Gasteiger partial charge in [-0.05, 0) is 25.3 Å². The van der Waals surface area contributed by atoms with Gasteiger partial charge in [-0.25, -0.2) is 4.98 Å². The minimum absolute atomic E-state index is 0.00676. The number of methoxy groups -OCH3 is 1. The quantitative estimate of drug-likeness (QED) is 0.761. The molecule has 0 saturated carbocycles. The zero-order valence-electron chi connectivity index (χ0n) is 9.78. The first-order valence-electron chi connectivity index (χ1n) is 5.71. The summed E-state index contributed by atoms with van der Waals surface area (Å²) in [6, 6.07) is 3.21. The molecule has 1 fully saturated rings. The minimum atomic E-state index is 0.00676. The number of aromatic nitrogens is 1. The molecule has 1 aromatic rings. The molecule has 4 nitrogen and oxygen atoms in total. The molecule has 0 N–H and O–H groups in total. The number of halogens is 1. The van der Waals surface area contributed by atoms with Crippen molar-refractivity contribution in [2.75, 3.05) is 20.2 Å². The van der Waals surface area contributed by atoms with E-state index < -0.39 is 0 Å². The van der Waals surface area contributed by atoms with Crippen molar-refractivity contribution in [1.29, 1.82) is 0 Å². The Hall–Kier alpha value is -1.29. The summed E-state index contributed by atoms with van der Waals surface area (Å²) in [6.07, 6.45) is 3.34. The van der Waals surface area contributed by atoms with Crippen LogP contribution in [0.1, 0.15) is 29.6 Å². The Labute approximate surface area is 106 Å². The summed E-state index contributed by atoms with van der Waals surface area (Å²) in [5.74, 6) is 0.380. The fourth-order valence-electron chi connectivity index (χ4n) is 1.98. The maximum absolute atomic E-state index is 12.2. The molecule has 1 amide bonds. The predicted octanol–water partition coefficient (Wildman–Crippen LogP) is 2.37. The Morgan fingerprint density at radius 3 is 2.71 bits per heavy atom. The summed E-state index contributed by atoms with van der Waals surface area (Å²) in [6.45, 7) is 1.64. The Balaban J connectivity index is 2.20. The van der Waals surface area contributed by atoms with Crippen LogP contribution in [0.2, 0.25) is 5.15 Å². The molecule has 2 heterocycles. The van der Waals surface area contributed by atoms with Gasteiger partial charge in [0, 0.05) is 24.7 Å². The smallest absolute Gasteiger partial charge is 0.254 e. The lowest BCUT2D eigenvalue weighted by molar-refractivity contribution is 0.0724. The lowest BCUT2D eigenvalue weighted by atomic mass is 10.1. The number of hydrogen-bond acceptors (Lipinski definition) is 3. The number of likely N-dealkylation sites (tertiary alicyclic amines) is 1. The van der Waals surface area contributed by atoms with E-state index >= 15 is 0 Å². The second kappa shape index (κ2) is 5.36. The number of carbonyl (C=O) groups excluding carboxylic acids is 1. The third-order valence-corrected chi connectivity index (χ3v) is 3.06. The van der Waals surface area contributed by atoms with Crippen molar-refractivity contribution < 1.29 is 9.53 Å². The van der Waals surface area contributed by atoms with Gasteiger partial charge in [0.2, 0.25) is 5.88 Å². The molecule has 1 aliphatic rings. The Morgan fingerprint density at radius 2 is 2.06 bits per heavy atom. The Kier molecular flexibility index (Phi) is 3.84. The molecule has 0 spiro atoms. The molecular weight excluding hydrogens is 240 g/mol. The first kappa shape index (κ1) is 12.2. The van der Waals surface area contributed by atoms with Gasteiger partial charge in [-0.3, -0.25) is 4.79 Å². The third-order valence-electron chi connectivity index (χ3n) is 2.87. The Morgan fingerprint density at radius 1 is 1.35 bits per heavy atom. The van der Waals surface area contributed by atoms with Crippen LogP contribution in [-0.2, 0) is 0 Å². The summed E-state index contributed by atoms with van der Waals surface area (Å²) >= 11 is 5.85. The molecule has 0 unspecified atom stereocenters. The van der Waals surface area contributed by atoms with Gasteiger partial charge in [0.15, 0.2) is 0 Å². The fourth-order valence-corrected chi connectivity index (χ4v) is 2.18. The summed E-state index contributed by atoms with van der Waals surface area (Å²) in [4.78, 5) is 18.0. The Bertz CT molecular complexity index is 417. The highest BCUT2D eigenvalue weighted by molar-refractivity contribution is 6.29. The molecule has 17 heavy (non-hydrogen) atoms. The SMILES string of the molecule is COc1cc(C(=O)N2CCCCC2)cc(Cl)n1. The highest BCUT2D eigenvalue weighted by Gasteiger charge is 2.19. The van der Waals surface area contributed by atoms with Crippen molar-refractivity contribution in [2.45, 2.75) is 19.3 Å². The second-order valence-electron chi connectivity index (χ2n) is 4.07. The molecule has 1 aromatic heterocycles. The fraction of sp³-hybridized carbons (Fsp3) is 0.500. The van der Waals surface area contributed by atoms with Crippen LogP contribution in [0, 0.1) is 0 Å². The van der Waals surface area contributed by atoms with Crippen LogP contribution < -0.4 is 4.74 Å². The molecule has 0 radical (unpaired) electrons. The van der Waals surface area contributed by atoms with Crippen molar-refractivity contribution in [2.24, 2.45) is 0 Å². The van der Waals surface area contributed by atoms with Crippen LogP contribution in [-0.4, -0.2) is 36.0 Å². The molecular formula is C12H15ClN2O2. The number of piperidine rings is 1. The summed E-state index contributed by atoms with van der Waals surface area (Å²) < 4.78 is 5.01. The molecule has 1 saturated heterocycles. The molecule has 0 atom stereocenters. The highest BCUT2D eigenvalue weighted by atomic mass is 35.5. The van der Waals surface area contributed by atoms with Gasteiger partial charge in [-0.15, -0.1) is 0 Å². The van der Waals surface area contributed by atoms with E-state index in [1.165, 1.54) is 13.5 Å². The topological polar surface area (TPSA) is 42.4 Å². The van der Waals surface area contributed by atoms with Gasteiger partial charge < -0.3 is 9.64 Å². The highest BCUT2D eigenvalue weighted by Crippen LogP contribution is 2.19. The van der Waals surface area contributed by atoms with E-state index in [0.717, 1.165) is 25.9 Å². The van der Waals surface area contributed by atoms with Crippen molar-refractivity contribution in [3.8, 4) is 5.88 Å². The minimum Gasteiger partial charge on any atom is -0.481 e. The van der Waals surface area contributed by atoms with E-state index in [1.54, 1.807) is 12.1 Å². The van der Waals surface area contributed by atoms with Gasteiger partial charge in [-0.2, -0.15) is 0 Å². The number of amides is 1. The molecule has 0 aromatic carbocycles. The standard InChI is InChI=1S/C12H15ClN2O2/c1-17-11-8-9(7-10(13)14-11)12(16)15-5-3-2-4-6-15/h7-8H,2-6H2,1H3. The van der Waals surface area contributed by atoms with E-state index in [0.29, 0.717) is 11.4 Å². The van der Waals surface area contributed by atoms with Gasteiger partial charge in [0.1, 0.15) is 5.15 Å². The summed E-state index contributed by atoms with van der Waals surface area (Å²) in [5.41, 5.74) is 0.545. The van der Waals surface area contributed by atoms with Crippen LogP contribution in [0.15, 0.2) is 12.1 Å². The van der Waals surface area contributed by atoms with Crippen LogP contribution in [0.4, 0.5) is 0 Å². The van der Waals surface area contributed by atoms with Crippen molar-refractivity contribution in [3.63, 3.8) is 0 Å². The number of hydrogen-bond donors (Lipinski definition) is 0. The third kappa shape index (κ3) is 2.88. The summed E-state index contributed by atoms with van der Waals surface area (Å²) in [7, 11) is 1.51. The van der Waals surface area contributed by atoms with Crippen LogP contribution in [0.5, 0.6) is 5.88 Å². The number of pyridine rings is 1. The zero-order chi connectivity index (χ0) is 12.3. The zero-order valence-corrected chi connectivity index (χ0v) is 10.5. The van der Waals surface area contributed by atoms with Gasteiger partial charge in [0.05, 0.1) is 7.11 Å². The number of carbonyl (C=O) groups is 1. The van der Waals surface area contributed by atoms with Gasteiger partial charge >= 0.3 is 0 Å². The van der Waals surface area contributed by atoms with E-state index in [4.69, 9.17) is 16.3 Å². The molecule has 5 heteroatoms. The average molecular weight is 255 g/mol. The van der Waals surface area contributed by atoms with Gasteiger partial charge in [-0.1, -0.05) is 11.6 Å². The monoisotopic (exact) mass is 254 g/mol. The molecule has 2 rings (SSSR count). The maximum atomic E-state index is 12.2. The van der Waals surface area contributed by atoms with Crippen molar-refractivity contribution >= 4 is 17.5 Å². The average Bonchev–Trinajstić information content (AvgIpc) is 2.38. The largest absolute Gasteiger partial charge is 0.481 e. The predicted molar refractivity (Wildman–Crippen MR) is 65.6 cm³/mol. The number of rotatable bonds is 2. The van der Waals surface area contributed by atoms with E-state index in [1.807, 2.05) is 4.90 Å². The van der Waals surface area contributed by atoms with E-state index in [2.05, 4.69) is 4.98 Å². The van der Waals surface area contributed by atoms with E-state index in [9.17, 15) is 4.79 Å². The van der Waals surface area contributed by atoms with Crippen LogP contribution in [0.3, 0.4) is 0 Å². The van der Waals surface area contributed by atoms with Crippen LogP contribution in [0.25, 0.3) is 0 Å². The second-order valence-corrected chi connectivity index (χ2v) is 4.46. The normalized spacial score (nSPS) is 15.8. The first-order chi connectivity index (χ1) is 8.20. The molecule has 1 aliphatic heterocycles. The van der Waals surface area contributed by atoms with Crippen molar-refractivity contribution in [1.82, 2.24) is 9.88 Å². The number of nitrogens with zero attached hydrogens (tertiary/aromatic N) is 2. The first-order valence-corrected chi connectivity index (χ1v) is 6.09. The van der Waals surface area contributed by atoms with Crippen molar-refractivity contribution in [3.05, 3.63) is 22.8 Å². The van der Waals surface area contributed by atoms with Crippen LogP contribution >= 0.6 is 11.6 Å². The number of ether oxygens (including phenoxy) is 1. The van der Waals surface area contributed by atoms with Gasteiger partial charge in [0.25, 0.3) is 5.91 Å². The lowest BCUT2D eigenvalue weighted by Gasteiger charge is -2.26. The van der Waals surface area contributed by atoms with E-state index in [-0.39, 0.29) is 11.1 Å². The molecule has 0 bridgehead atoms.